The molecule has 0 spiro atoms. The molecule has 258 valence electrons. The molecule has 10 aromatic rings. The van der Waals surface area contributed by atoms with Crippen LogP contribution in [0.15, 0.2) is 219 Å². The van der Waals surface area contributed by atoms with Crippen LogP contribution >= 0.6 is 0 Å². The van der Waals surface area contributed by atoms with Gasteiger partial charge in [0, 0.05) is 22.7 Å². The zero-order valence-electron chi connectivity index (χ0n) is 30.2. The summed E-state index contributed by atoms with van der Waals surface area (Å²) >= 11 is 0. The summed E-state index contributed by atoms with van der Waals surface area (Å²) in [7, 11) is 0. The minimum absolute atomic E-state index is 1.08. The van der Waals surface area contributed by atoms with Gasteiger partial charge >= 0.3 is 0 Å². The molecule has 0 amide bonds. The van der Waals surface area contributed by atoms with E-state index in [1.165, 1.54) is 55.3 Å². The minimum atomic E-state index is 1.08. The lowest BCUT2D eigenvalue weighted by molar-refractivity contribution is 1.17. The molecule has 0 bridgehead atoms. The Morgan fingerprint density at radius 2 is 0.600 bits per heavy atom. The second-order valence-electron chi connectivity index (χ2n) is 14.1. The van der Waals surface area contributed by atoms with E-state index in [0.29, 0.717) is 0 Å². The van der Waals surface area contributed by atoms with Crippen LogP contribution < -0.4 is 0 Å². The maximum absolute atomic E-state index is 4.62. The lowest BCUT2D eigenvalue weighted by Crippen LogP contribution is -1.97. The van der Waals surface area contributed by atoms with Crippen molar-refractivity contribution in [2.75, 3.05) is 0 Å². The van der Waals surface area contributed by atoms with Crippen LogP contribution in [-0.2, 0) is 0 Å². The second-order valence-corrected chi connectivity index (χ2v) is 14.1. The fourth-order valence-electron chi connectivity index (χ4n) is 7.95. The smallest absolute Gasteiger partial charge is 0.0724 e. The topological polar surface area (TPSA) is 17.8 Å². The number of rotatable bonds is 7. The number of aromatic nitrogens is 2. The summed E-state index contributed by atoms with van der Waals surface area (Å²) < 4.78 is 2.38. The summed E-state index contributed by atoms with van der Waals surface area (Å²) in [5.74, 6) is 0. The molecule has 0 unspecified atom stereocenters. The summed E-state index contributed by atoms with van der Waals surface area (Å²) in [6.45, 7) is 0. The number of hydrogen-bond acceptors (Lipinski definition) is 1. The monoisotopic (exact) mass is 700 g/mol. The zero-order valence-corrected chi connectivity index (χ0v) is 30.2. The molecule has 0 radical (unpaired) electrons. The van der Waals surface area contributed by atoms with Crippen molar-refractivity contribution in [2.24, 2.45) is 0 Å². The quantitative estimate of drug-likeness (QED) is 0.162. The van der Waals surface area contributed by atoms with Crippen LogP contribution in [0.2, 0.25) is 0 Å². The van der Waals surface area contributed by atoms with Crippen LogP contribution in [0.4, 0.5) is 0 Å². The van der Waals surface area contributed by atoms with E-state index < -0.39 is 0 Å². The first-order valence-corrected chi connectivity index (χ1v) is 18.8. The molecular weight excluding hydrogens is 665 g/mol. The Morgan fingerprint density at radius 3 is 1.02 bits per heavy atom. The van der Waals surface area contributed by atoms with Crippen molar-refractivity contribution in [2.45, 2.75) is 0 Å². The van der Waals surface area contributed by atoms with Gasteiger partial charge in [0.05, 0.1) is 17.2 Å². The molecule has 10 rings (SSSR count). The largest absolute Gasteiger partial charge is 0.308 e. The number of benzene rings is 8. The predicted octanol–water partition coefficient (Wildman–Crippen LogP) is 14.2. The van der Waals surface area contributed by atoms with E-state index in [0.717, 1.165) is 39.0 Å². The Kier molecular flexibility index (Phi) is 8.20. The van der Waals surface area contributed by atoms with Crippen molar-refractivity contribution in [1.82, 2.24) is 9.55 Å². The van der Waals surface area contributed by atoms with E-state index in [-0.39, 0.29) is 0 Å². The SMILES string of the molecule is c1ccc(-c2cc(-c3ccccc3)cc(-c3cc(-c4cc(-c5ccccc5)cc(-c5ccccc5)c4)cc(-n4c5ccccc5c5ccncc54)c3)c2)cc1. The third kappa shape index (κ3) is 6.20. The fraction of sp³-hybridized carbons (Fsp3) is 0. The third-order valence-electron chi connectivity index (χ3n) is 10.6. The summed E-state index contributed by atoms with van der Waals surface area (Å²) in [5, 5.41) is 2.40. The summed E-state index contributed by atoms with van der Waals surface area (Å²) in [4.78, 5) is 4.62. The van der Waals surface area contributed by atoms with Crippen LogP contribution in [0.5, 0.6) is 0 Å². The molecule has 0 saturated carbocycles. The first-order valence-electron chi connectivity index (χ1n) is 18.8. The summed E-state index contributed by atoms with van der Waals surface area (Å²) in [6, 6.07) is 74.6. The lowest BCUT2D eigenvalue weighted by atomic mass is 9.90. The van der Waals surface area contributed by atoms with E-state index in [2.05, 4.69) is 216 Å². The van der Waals surface area contributed by atoms with Gasteiger partial charge in [-0.25, -0.2) is 0 Å². The lowest BCUT2D eigenvalue weighted by Gasteiger charge is -2.17. The van der Waals surface area contributed by atoms with Gasteiger partial charge in [-0.3, -0.25) is 4.98 Å². The molecule has 0 fully saturated rings. The Morgan fingerprint density at radius 1 is 0.273 bits per heavy atom. The van der Waals surface area contributed by atoms with Crippen molar-refractivity contribution in [1.29, 1.82) is 0 Å². The van der Waals surface area contributed by atoms with Gasteiger partial charge in [-0.05, 0) is 133 Å². The molecule has 0 atom stereocenters. The number of fused-ring (bicyclic) bond motifs is 3. The van der Waals surface area contributed by atoms with Crippen molar-refractivity contribution in [3.8, 4) is 72.4 Å². The summed E-state index contributed by atoms with van der Waals surface area (Å²) in [5.41, 5.74) is 17.4. The molecular formula is C53H36N2. The molecule has 55 heavy (non-hydrogen) atoms. The van der Waals surface area contributed by atoms with Gasteiger partial charge in [-0.15, -0.1) is 0 Å². The van der Waals surface area contributed by atoms with Crippen LogP contribution in [-0.4, -0.2) is 9.55 Å². The summed E-state index contributed by atoms with van der Waals surface area (Å²) in [6.07, 6.45) is 3.89. The van der Waals surface area contributed by atoms with Gasteiger partial charge in [-0.1, -0.05) is 140 Å². The highest BCUT2D eigenvalue weighted by atomic mass is 15.0. The number of para-hydroxylation sites is 1. The Bertz CT molecular complexity index is 2630. The van der Waals surface area contributed by atoms with Crippen LogP contribution in [0.3, 0.4) is 0 Å². The van der Waals surface area contributed by atoms with Crippen LogP contribution in [0.1, 0.15) is 0 Å². The minimum Gasteiger partial charge on any atom is -0.308 e. The normalized spacial score (nSPS) is 11.3. The average molecular weight is 701 g/mol. The number of nitrogens with zero attached hydrogens (tertiary/aromatic N) is 2. The van der Waals surface area contributed by atoms with E-state index in [1.54, 1.807) is 0 Å². The average Bonchev–Trinajstić information content (AvgIpc) is 3.61. The van der Waals surface area contributed by atoms with Gasteiger partial charge in [0.15, 0.2) is 0 Å². The van der Waals surface area contributed by atoms with Crippen molar-refractivity contribution >= 4 is 21.8 Å². The third-order valence-corrected chi connectivity index (χ3v) is 10.6. The zero-order chi connectivity index (χ0) is 36.6. The maximum Gasteiger partial charge on any atom is 0.0724 e. The van der Waals surface area contributed by atoms with Crippen LogP contribution in [0.25, 0.3) is 94.3 Å². The molecule has 0 aliphatic heterocycles. The fourth-order valence-corrected chi connectivity index (χ4v) is 7.95. The van der Waals surface area contributed by atoms with Crippen molar-refractivity contribution in [3.63, 3.8) is 0 Å². The Labute approximate surface area is 321 Å². The highest BCUT2D eigenvalue weighted by Crippen LogP contribution is 2.40. The first kappa shape index (κ1) is 32.4. The van der Waals surface area contributed by atoms with E-state index in [9.17, 15) is 0 Å². The highest BCUT2D eigenvalue weighted by molar-refractivity contribution is 6.09. The van der Waals surface area contributed by atoms with E-state index in [4.69, 9.17) is 0 Å². The maximum atomic E-state index is 4.62. The van der Waals surface area contributed by atoms with Crippen molar-refractivity contribution in [3.05, 3.63) is 219 Å². The molecule has 2 heterocycles. The predicted molar refractivity (Wildman–Crippen MR) is 231 cm³/mol. The standard InChI is InChI=1S/C53H36N2/c1-5-15-37(16-6-1)41-27-42(38-17-7-2-8-18-38)30-45(29-41)47-33-48(35-49(34-47)55-52-24-14-13-23-50(52)51-25-26-54-36-53(51)55)46-31-43(39-19-9-3-10-20-39)28-44(32-46)40-21-11-4-12-22-40/h1-36H. The Hall–Kier alpha value is -7.29. The van der Waals surface area contributed by atoms with E-state index >= 15 is 0 Å². The van der Waals surface area contributed by atoms with E-state index in [1.807, 2.05) is 12.4 Å². The van der Waals surface area contributed by atoms with Gasteiger partial charge in [0.2, 0.25) is 0 Å². The number of hydrogen-bond donors (Lipinski definition) is 0. The number of pyridine rings is 1. The molecule has 2 heteroatoms. The second kappa shape index (κ2) is 13.9. The van der Waals surface area contributed by atoms with Gasteiger partial charge < -0.3 is 4.57 Å². The molecule has 0 N–H and O–H groups in total. The molecule has 0 saturated heterocycles. The molecule has 2 aromatic heterocycles. The molecule has 0 aliphatic carbocycles. The first-order chi connectivity index (χ1) is 27.2. The van der Waals surface area contributed by atoms with Gasteiger partial charge in [0.1, 0.15) is 0 Å². The van der Waals surface area contributed by atoms with Gasteiger partial charge in [-0.2, -0.15) is 0 Å². The highest BCUT2D eigenvalue weighted by Gasteiger charge is 2.17. The van der Waals surface area contributed by atoms with Crippen LogP contribution in [0, 0.1) is 0 Å². The molecule has 2 nitrogen and oxygen atoms in total. The Balaban J connectivity index is 1.27. The molecule has 8 aromatic carbocycles. The molecule has 0 aliphatic rings. The van der Waals surface area contributed by atoms with Crippen molar-refractivity contribution < 1.29 is 0 Å². The van der Waals surface area contributed by atoms with Gasteiger partial charge in [0.25, 0.3) is 0 Å².